The third kappa shape index (κ3) is 3.98. The molecule has 0 radical (unpaired) electrons. The number of rotatable bonds is 5. The maximum atomic E-state index is 12.5. The van der Waals surface area contributed by atoms with Crippen LogP contribution in [0.2, 0.25) is 0 Å². The molecule has 1 saturated heterocycles. The molecule has 6 heteroatoms. The van der Waals surface area contributed by atoms with Gasteiger partial charge < -0.3 is 9.32 Å². The summed E-state index contributed by atoms with van der Waals surface area (Å²) in [4.78, 5) is 14.5. The lowest BCUT2D eigenvalue weighted by Gasteiger charge is -2.35. The Morgan fingerprint density at radius 2 is 2.08 bits per heavy atom. The molecular formula is C18H23N3O2S. The average molecular weight is 345 g/mol. The van der Waals surface area contributed by atoms with Crippen LogP contribution in [0, 0.1) is 6.92 Å². The van der Waals surface area contributed by atoms with Crippen LogP contribution in [0.15, 0.2) is 33.9 Å². The number of thioether (sulfide) groups is 1. The van der Waals surface area contributed by atoms with Crippen LogP contribution in [0.25, 0.3) is 11.5 Å². The second-order valence-electron chi connectivity index (χ2n) is 6.17. The quantitative estimate of drug-likeness (QED) is 0.769. The van der Waals surface area contributed by atoms with E-state index in [0.717, 1.165) is 31.4 Å². The number of aryl methyl sites for hydroxylation is 1. The molecule has 1 aromatic heterocycles. The smallest absolute Gasteiger partial charge is 0.277 e. The van der Waals surface area contributed by atoms with Crippen molar-refractivity contribution in [2.24, 2.45) is 0 Å². The molecule has 5 nitrogen and oxygen atoms in total. The number of carbonyl (C=O) groups is 1. The molecule has 0 N–H and O–H groups in total. The van der Waals surface area contributed by atoms with Crippen molar-refractivity contribution in [2.45, 2.75) is 50.8 Å². The minimum Gasteiger partial charge on any atom is -0.411 e. The van der Waals surface area contributed by atoms with Crippen LogP contribution < -0.4 is 0 Å². The lowest BCUT2D eigenvalue weighted by atomic mass is 10.0. The molecule has 1 amide bonds. The fourth-order valence-corrected chi connectivity index (χ4v) is 3.69. The average Bonchev–Trinajstić information content (AvgIpc) is 3.09. The first kappa shape index (κ1) is 17.0. The van der Waals surface area contributed by atoms with Crippen molar-refractivity contribution < 1.29 is 9.21 Å². The van der Waals surface area contributed by atoms with Crippen molar-refractivity contribution in [2.75, 3.05) is 12.3 Å². The highest BCUT2D eigenvalue weighted by molar-refractivity contribution is 7.99. The molecule has 1 fully saturated rings. The van der Waals surface area contributed by atoms with E-state index in [1.165, 1.54) is 23.7 Å². The highest BCUT2D eigenvalue weighted by atomic mass is 32.2. The van der Waals surface area contributed by atoms with Gasteiger partial charge in [0, 0.05) is 18.2 Å². The summed E-state index contributed by atoms with van der Waals surface area (Å²) in [5.74, 6) is 1.02. The summed E-state index contributed by atoms with van der Waals surface area (Å²) in [5, 5.41) is 8.57. The second-order valence-corrected chi connectivity index (χ2v) is 7.10. The first-order valence-electron chi connectivity index (χ1n) is 8.50. The van der Waals surface area contributed by atoms with E-state index >= 15 is 0 Å². The number of likely N-dealkylation sites (tertiary alicyclic amines) is 1. The molecule has 0 spiro atoms. The monoisotopic (exact) mass is 345 g/mol. The first-order chi connectivity index (χ1) is 11.7. The maximum Gasteiger partial charge on any atom is 0.277 e. The molecule has 1 aliphatic rings. The van der Waals surface area contributed by atoms with E-state index in [1.54, 1.807) is 0 Å². The number of aromatic nitrogens is 2. The van der Waals surface area contributed by atoms with E-state index in [9.17, 15) is 4.79 Å². The van der Waals surface area contributed by atoms with Crippen molar-refractivity contribution in [3.8, 4) is 11.5 Å². The van der Waals surface area contributed by atoms with Gasteiger partial charge in [-0.2, -0.15) is 0 Å². The summed E-state index contributed by atoms with van der Waals surface area (Å²) in [6.07, 6.45) is 4.46. The minimum absolute atomic E-state index is 0.168. The van der Waals surface area contributed by atoms with Crippen LogP contribution in [-0.4, -0.2) is 39.3 Å². The molecule has 0 bridgehead atoms. The Morgan fingerprint density at radius 3 is 2.83 bits per heavy atom. The van der Waals surface area contributed by atoms with Gasteiger partial charge in [-0.1, -0.05) is 36.4 Å². The number of piperidine rings is 1. The van der Waals surface area contributed by atoms with Gasteiger partial charge in [0.25, 0.3) is 5.22 Å². The van der Waals surface area contributed by atoms with Crippen molar-refractivity contribution in [3.05, 3.63) is 29.8 Å². The van der Waals surface area contributed by atoms with Crippen molar-refractivity contribution in [1.29, 1.82) is 0 Å². The molecule has 0 aliphatic carbocycles. The standard InChI is InChI=1S/C18H23N3O2S/c1-3-15-6-4-5-11-21(15)16(22)12-24-18-20-19-17(23-18)14-9-7-13(2)8-10-14/h7-10,15H,3-6,11-12H2,1-2H3/t15-/m1/s1. The van der Waals surface area contributed by atoms with Crippen molar-refractivity contribution in [3.63, 3.8) is 0 Å². The predicted molar refractivity (Wildman–Crippen MR) is 94.8 cm³/mol. The number of carbonyl (C=O) groups excluding carboxylic acids is 1. The van der Waals surface area contributed by atoms with Gasteiger partial charge in [-0.3, -0.25) is 4.79 Å². The molecule has 1 aromatic carbocycles. The molecule has 1 atom stereocenters. The topological polar surface area (TPSA) is 59.2 Å². The van der Waals surface area contributed by atoms with E-state index in [2.05, 4.69) is 17.1 Å². The summed E-state index contributed by atoms with van der Waals surface area (Å²) >= 11 is 1.32. The van der Waals surface area contributed by atoms with Crippen LogP contribution in [-0.2, 0) is 4.79 Å². The van der Waals surface area contributed by atoms with E-state index < -0.39 is 0 Å². The van der Waals surface area contributed by atoms with E-state index in [0.29, 0.717) is 22.9 Å². The number of amides is 1. The second kappa shape index (κ2) is 7.83. The molecule has 1 aliphatic heterocycles. The summed E-state index contributed by atoms with van der Waals surface area (Å²) < 4.78 is 5.67. The van der Waals surface area contributed by atoms with Crippen LogP contribution >= 0.6 is 11.8 Å². The van der Waals surface area contributed by atoms with E-state index in [4.69, 9.17) is 4.42 Å². The molecule has 128 valence electrons. The van der Waals surface area contributed by atoms with Crippen molar-refractivity contribution >= 4 is 17.7 Å². The SMILES string of the molecule is CC[C@@H]1CCCCN1C(=O)CSc1nnc(-c2ccc(C)cc2)o1. The predicted octanol–water partition coefficient (Wildman–Crippen LogP) is 3.93. The Balaban J connectivity index is 1.59. The lowest BCUT2D eigenvalue weighted by molar-refractivity contribution is -0.132. The van der Waals surface area contributed by atoms with E-state index in [1.807, 2.05) is 36.1 Å². The summed E-state index contributed by atoms with van der Waals surface area (Å²) in [6, 6.07) is 8.33. The fraction of sp³-hybridized carbons (Fsp3) is 0.500. The third-order valence-corrected chi connectivity index (χ3v) is 5.25. The first-order valence-corrected chi connectivity index (χ1v) is 9.48. The molecule has 24 heavy (non-hydrogen) atoms. The highest BCUT2D eigenvalue weighted by Crippen LogP contribution is 2.25. The van der Waals surface area contributed by atoms with Gasteiger partial charge in [-0.05, 0) is 44.7 Å². The number of nitrogens with zero attached hydrogens (tertiary/aromatic N) is 3. The van der Waals surface area contributed by atoms with Gasteiger partial charge in [0.2, 0.25) is 11.8 Å². The van der Waals surface area contributed by atoms with E-state index in [-0.39, 0.29) is 5.91 Å². The normalized spacial score (nSPS) is 17.9. The Labute approximate surface area is 146 Å². The number of hydrogen-bond donors (Lipinski definition) is 0. The highest BCUT2D eigenvalue weighted by Gasteiger charge is 2.25. The zero-order valence-electron chi connectivity index (χ0n) is 14.2. The molecule has 2 heterocycles. The van der Waals surface area contributed by atoms with Crippen molar-refractivity contribution in [1.82, 2.24) is 15.1 Å². The Kier molecular flexibility index (Phi) is 5.56. The van der Waals surface area contributed by atoms with Gasteiger partial charge >= 0.3 is 0 Å². The molecule has 2 aromatic rings. The summed E-state index contributed by atoms with van der Waals surface area (Å²) in [5.41, 5.74) is 2.08. The van der Waals surface area contributed by atoms with Gasteiger partial charge in [0.05, 0.1) is 5.75 Å². The Morgan fingerprint density at radius 1 is 1.29 bits per heavy atom. The van der Waals surface area contributed by atoms with Crippen LogP contribution in [0.5, 0.6) is 0 Å². The van der Waals surface area contributed by atoms with Crippen LogP contribution in [0.1, 0.15) is 38.2 Å². The largest absolute Gasteiger partial charge is 0.411 e. The molecule has 0 unspecified atom stereocenters. The molecular weight excluding hydrogens is 322 g/mol. The molecule has 3 rings (SSSR count). The lowest BCUT2D eigenvalue weighted by Crippen LogP contribution is -2.44. The maximum absolute atomic E-state index is 12.5. The summed E-state index contributed by atoms with van der Waals surface area (Å²) in [7, 11) is 0. The van der Waals surface area contributed by atoms with Crippen LogP contribution in [0.3, 0.4) is 0 Å². The van der Waals surface area contributed by atoms with Crippen LogP contribution in [0.4, 0.5) is 0 Å². The van der Waals surface area contributed by atoms with Gasteiger partial charge in [0.1, 0.15) is 0 Å². The number of benzene rings is 1. The fourth-order valence-electron chi connectivity index (χ4n) is 3.04. The van der Waals surface area contributed by atoms with Gasteiger partial charge in [-0.15, -0.1) is 10.2 Å². The molecule has 0 saturated carbocycles. The Bertz CT molecular complexity index is 684. The van der Waals surface area contributed by atoms with Gasteiger partial charge in [0.15, 0.2) is 0 Å². The third-order valence-electron chi connectivity index (χ3n) is 4.44. The zero-order valence-corrected chi connectivity index (χ0v) is 15.0. The van der Waals surface area contributed by atoms with Gasteiger partial charge in [-0.25, -0.2) is 0 Å². The summed E-state index contributed by atoms with van der Waals surface area (Å²) in [6.45, 7) is 5.06. The number of hydrogen-bond acceptors (Lipinski definition) is 5. The Hall–Kier alpha value is -1.82. The minimum atomic E-state index is 0.168. The zero-order chi connectivity index (χ0) is 16.9.